The standard InChI is InChI=1S/C10H15N3O3/c1-16-8-2-3-13(6-8)5-7-4-11-12-9(7)10(14)15/h4,8H,2-3,5-6H2,1H3,(H,11,12)(H,14,15). The van der Waals surface area contributed by atoms with Gasteiger partial charge in [0, 0.05) is 32.3 Å². The third-order valence-electron chi connectivity index (χ3n) is 2.89. The van der Waals surface area contributed by atoms with Crippen LogP contribution in [0.15, 0.2) is 6.20 Å². The van der Waals surface area contributed by atoms with Crippen LogP contribution in [0, 0.1) is 0 Å². The van der Waals surface area contributed by atoms with Gasteiger partial charge in [0.2, 0.25) is 0 Å². The maximum Gasteiger partial charge on any atom is 0.354 e. The summed E-state index contributed by atoms with van der Waals surface area (Å²) in [6.07, 6.45) is 2.83. The van der Waals surface area contributed by atoms with Crippen LogP contribution in [0.4, 0.5) is 0 Å². The van der Waals surface area contributed by atoms with Gasteiger partial charge in [0.15, 0.2) is 0 Å². The van der Waals surface area contributed by atoms with Crippen molar-refractivity contribution in [3.8, 4) is 0 Å². The Morgan fingerprint density at radius 3 is 3.25 bits per heavy atom. The first kappa shape index (κ1) is 11.1. The van der Waals surface area contributed by atoms with E-state index < -0.39 is 5.97 Å². The number of hydrogen-bond acceptors (Lipinski definition) is 4. The predicted molar refractivity (Wildman–Crippen MR) is 56.2 cm³/mol. The van der Waals surface area contributed by atoms with Gasteiger partial charge >= 0.3 is 5.97 Å². The van der Waals surface area contributed by atoms with E-state index in [1.165, 1.54) is 0 Å². The van der Waals surface area contributed by atoms with Gasteiger partial charge in [0.05, 0.1) is 12.3 Å². The summed E-state index contributed by atoms with van der Waals surface area (Å²) in [5.41, 5.74) is 0.908. The van der Waals surface area contributed by atoms with Crippen LogP contribution in [0.2, 0.25) is 0 Å². The van der Waals surface area contributed by atoms with Gasteiger partial charge in [-0.05, 0) is 6.42 Å². The Bertz CT molecular complexity index is 377. The van der Waals surface area contributed by atoms with E-state index in [0.29, 0.717) is 6.54 Å². The topological polar surface area (TPSA) is 78.5 Å². The predicted octanol–water partition coefficient (Wildman–Crippen LogP) is 0.329. The Kier molecular flexibility index (Phi) is 3.21. The first-order valence-corrected chi connectivity index (χ1v) is 5.21. The van der Waals surface area contributed by atoms with E-state index >= 15 is 0 Å². The van der Waals surface area contributed by atoms with E-state index in [4.69, 9.17) is 9.84 Å². The van der Waals surface area contributed by atoms with Crippen LogP contribution in [0.25, 0.3) is 0 Å². The molecule has 1 aliphatic rings. The smallest absolute Gasteiger partial charge is 0.354 e. The third kappa shape index (κ3) is 2.23. The molecule has 1 unspecified atom stereocenters. The summed E-state index contributed by atoms with van der Waals surface area (Å²) in [6.45, 7) is 2.39. The highest BCUT2D eigenvalue weighted by atomic mass is 16.5. The number of aromatic nitrogens is 2. The lowest BCUT2D eigenvalue weighted by atomic mass is 10.2. The van der Waals surface area contributed by atoms with Gasteiger partial charge in [-0.15, -0.1) is 0 Å². The van der Waals surface area contributed by atoms with Crippen molar-refractivity contribution in [2.75, 3.05) is 20.2 Å². The van der Waals surface area contributed by atoms with Crippen molar-refractivity contribution in [1.82, 2.24) is 15.1 Å². The average molecular weight is 225 g/mol. The zero-order valence-corrected chi connectivity index (χ0v) is 9.14. The molecule has 0 aliphatic carbocycles. The minimum Gasteiger partial charge on any atom is -0.477 e. The molecule has 1 saturated heterocycles. The third-order valence-corrected chi connectivity index (χ3v) is 2.89. The second-order valence-corrected chi connectivity index (χ2v) is 3.96. The molecule has 0 aromatic carbocycles. The molecule has 2 N–H and O–H groups in total. The summed E-state index contributed by atoms with van der Waals surface area (Å²) in [5, 5.41) is 15.2. The highest BCUT2D eigenvalue weighted by Gasteiger charge is 2.24. The highest BCUT2D eigenvalue weighted by molar-refractivity contribution is 5.86. The first-order valence-electron chi connectivity index (χ1n) is 5.21. The SMILES string of the molecule is COC1CCN(Cc2cn[nH]c2C(=O)O)C1. The number of likely N-dealkylation sites (tertiary alicyclic amines) is 1. The molecule has 1 atom stereocenters. The number of aromatic carboxylic acids is 1. The van der Waals surface area contributed by atoms with Crippen LogP contribution < -0.4 is 0 Å². The molecule has 88 valence electrons. The van der Waals surface area contributed by atoms with Crippen LogP contribution in [-0.4, -0.2) is 52.5 Å². The van der Waals surface area contributed by atoms with Crippen molar-refractivity contribution < 1.29 is 14.6 Å². The number of methoxy groups -OCH3 is 1. The summed E-state index contributed by atoms with van der Waals surface area (Å²) in [4.78, 5) is 13.0. The Morgan fingerprint density at radius 2 is 2.62 bits per heavy atom. The Morgan fingerprint density at radius 1 is 1.81 bits per heavy atom. The first-order chi connectivity index (χ1) is 7.70. The lowest BCUT2D eigenvalue weighted by Gasteiger charge is -2.14. The molecule has 0 bridgehead atoms. The second-order valence-electron chi connectivity index (χ2n) is 3.96. The van der Waals surface area contributed by atoms with E-state index in [1.807, 2.05) is 0 Å². The molecule has 1 fully saturated rings. The fourth-order valence-electron chi connectivity index (χ4n) is 1.99. The summed E-state index contributed by atoms with van der Waals surface area (Å²) in [7, 11) is 1.70. The van der Waals surface area contributed by atoms with Crippen molar-refractivity contribution >= 4 is 5.97 Å². The molecule has 2 heterocycles. The highest BCUT2D eigenvalue weighted by Crippen LogP contribution is 2.16. The van der Waals surface area contributed by atoms with Crippen molar-refractivity contribution in [3.05, 3.63) is 17.5 Å². The lowest BCUT2D eigenvalue weighted by Crippen LogP contribution is -2.23. The summed E-state index contributed by atoms with van der Waals surface area (Å²) in [6, 6.07) is 0. The number of nitrogens with zero attached hydrogens (tertiary/aromatic N) is 2. The number of carboxylic acid groups (broad SMARTS) is 1. The van der Waals surface area contributed by atoms with Gasteiger partial charge in [-0.25, -0.2) is 4.79 Å². The molecular weight excluding hydrogens is 210 g/mol. The number of carboxylic acids is 1. The molecule has 6 heteroatoms. The Labute approximate surface area is 93.2 Å². The molecule has 6 nitrogen and oxygen atoms in total. The second kappa shape index (κ2) is 4.63. The van der Waals surface area contributed by atoms with E-state index in [0.717, 1.165) is 25.1 Å². The van der Waals surface area contributed by atoms with Crippen LogP contribution in [0.3, 0.4) is 0 Å². The van der Waals surface area contributed by atoms with Crippen molar-refractivity contribution in [3.63, 3.8) is 0 Å². The van der Waals surface area contributed by atoms with Crippen LogP contribution in [0.5, 0.6) is 0 Å². The average Bonchev–Trinajstić information content (AvgIpc) is 2.87. The molecule has 0 saturated carbocycles. The van der Waals surface area contributed by atoms with E-state index in [1.54, 1.807) is 13.3 Å². The fraction of sp³-hybridized carbons (Fsp3) is 0.600. The molecule has 0 spiro atoms. The van der Waals surface area contributed by atoms with Gasteiger partial charge in [-0.2, -0.15) is 5.10 Å². The molecule has 1 aromatic rings. The van der Waals surface area contributed by atoms with Gasteiger partial charge < -0.3 is 9.84 Å². The minimum atomic E-state index is -0.963. The number of carbonyl (C=O) groups is 1. The van der Waals surface area contributed by atoms with E-state index in [2.05, 4.69) is 15.1 Å². The molecule has 1 aromatic heterocycles. The summed E-state index contributed by atoms with van der Waals surface area (Å²) in [5.74, 6) is -0.963. The Balaban J connectivity index is 1.99. The van der Waals surface area contributed by atoms with Gasteiger partial charge in [0.25, 0.3) is 0 Å². The monoisotopic (exact) mass is 225 g/mol. The summed E-state index contributed by atoms with van der Waals surface area (Å²) >= 11 is 0. The largest absolute Gasteiger partial charge is 0.477 e. The number of nitrogens with one attached hydrogen (secondary N) is 1. The maximum absolute atomic E-state index is 10.9. The van der Waals surface area contributed by atoms with Crippen LogP contribution >= 0.6 is 0 Å². The van der Waals surface area contributed by atoms with E-state index in [9.17, 15) is 4.79 Å². The van der Waals surface area contributed by atoms with Crippen LogP contribution in [0.1, 0.15) is 22.5 Å². The van der Waals surface area contributed by atoms with Crippen molar-refractivity contribution in [1.29, 1.82) is 0 Å². The molecular formula is C10H15N3O3. The molecule has 0 amide bonds. The quantitative estimate of drug-likeness (QED) is 0.772. The van der Waals surface area contributed by atoms with Crippen LogP contribution in [-0.2, 0) is 11.3 Å². The Hall–Kier alpha value is -1.40. The summed E-state index contributed by atoms with van der Waals surface area (Å²) < 4.78 is 5.26. The maximum atomic E-state index is 10.9. The fourth-order valence-corrected chi connectivity index (χ4v) is 1.99. The lowest BCUT2D eigenvalue weighted by molar-refractivity contribution is 0.0688. The van der Waals surface area contributed by atoms with Gasteiger partial charge in [-0.3, -0.25) is 10.00 Å². The normalized spacial score (nSPS) is 21.4. The number of aromatic amines is 1. The van der Waals surface area contributed by atoms with E-state index in [-0.39, 0.29) is 11.8 Å². The molecule has 0 radical (unpaired) electrons. The molecule has 16 heavy (non-hydrogen) atoms. The van der Waals surface area contributed by atoms with Gasteiger partial charge in [-0.1, -0.05) is 0 Å². The minimum absolute atomic E-state index is 0.181. The number of ether oxygens (including phenoxy) is 1. The van der Waals surface area contributed by atoms with Gasteiger partial charge in [0.1, 0.15) is 5.69 Å². The number of hydrogen-bond donors (Lipinski definition) is 2. The van der Waals surface area contributed by atoms with Crippen molar-refractivity contribution in [2.45, 2.75) is 19.1 Å². The number of H-pyrrole nitrogens is 1. The molecule has 1 aliphatic heterocycles. The zero-order chi connectivity index (χ0) is 11.5. The number of rotatable bonds is 4. The zero-order valence-electron chi connectivity index (χ0n) is 9.14. The van der Waals surface area contributed by atoms with Crippen molar-refractivity contribution in [2.24, 2.45) is 0 Å². The molecule has 2 rings (SSSR count).